The lowest BCUT2D eigenvalue weighted by Gasteiger charge is -2.29. The first-order valence-corrected chi connectivity index (χ1v) is 8.53. The fourth-order valence-corrected chi connectivity index (χ4v) is 3.16. The molecule has 1 atom stereocenters. The highest BCUT2D eigenvalue weighted by molar-refractivity contribution is 5.79. The molecule has 6 nitrogen and oxygen atoms in total. The molecule has 0 bridgehead atoms. The van der Waals surface area contributed by atoms with E-state index in [1.165, 1.54) is 19.2 Å². The lowest BCUT2D eigenvalue weighted by molar-refractivity contribution is -0.136. The second-order valence-electron chi connectivity index (χ2n) is 6.67. The van der Waals surface area contributed by atoms with Crippen LogP contribution >= 0.6 is 0 Å². The first-order valence-electron chi connectivity index (χ1n) is 8.53. The first kappa shape index (κ1) is 15.2. The number of hydrogen-bond acceptors (Lipinski definition) is 5. The van der Waals surface area contributed by atoms with Crippen LogP contribution in [-0.2, 0) is 4.79 Å². The molecule has 0 N–H and O–H groups in total. The molecule has 2 fully saturated rings. The van der Waals surface area contributed by atoms with E-state index in [1.54, 1.807) is 0 Å². The Morgan fingerprint density at radius 1 is 1.38 bits per heavy atom. The Labute approximate surface area is 140 Å². The number of amides is 1. The standard InChI is InChI=1S/C18H21N3O3/c1-12(13-5-6-13)21(15-7-8-15)17(22)10-23-16-4-2-3-14(9-16)18-20-19-11-24-18/h2-4,9,11-13,15H,5-8,10H2,1H3/t12-/m1/s1. The molecule has 1 aromatic heterocycles. The molecule has 2 saturated carbocycles. The number of benzene rings is 1. The summed E-state index contributed by atoms with van der Waals surface area (Å²) in [5.41, 5.74) is 0.780. The summed E-state index contributed by atoms with van der Waals surface area (Å²) in [5, 5.41) is 7.56. The molecule has 2 aromatic rings. The van der Waals surface area contributed by atoms with Crippen molar-refractivity contribution in [3.8, 4) is 17.2 Å². The van der Waals surface area contributed by atoms with Gasteiger partial charge in [-0.3, -0.25) is 4.79 Å². The van der Waals surface area contributed by atoms with E-state index in [0.717, 1.165) is 18.4 Å². The number of hydrogen-bond donors (Lipinski definition) is 0. The van der Waals surface area contributed by atoms with Crippen molar-refractivity contribution in [2.75, 3.05) is 6.61 Å². The van der Waals surface area contributed by atoms with Crippen molar-refractivity contribution in [2.24, 2.45) is 5.92 Å². The predicted molar refractivity (Wildman–Crippen MR) is 87.3 cm³/mol. The third-order valence-corrected chi connectivity index (χ3v) is 4.77. The Morgan fingerprint density at radius 2 is 2.21 bits per heavy atom. The number of rotatable bonds is 7. The number of nitrogens with zero attached hydrogens (tertiary/aromatic N) is 3. The molecule has 24 heavy (non-hydrogen) atoms. The van der Waals surface area contributed by atoms with Crippen LogP contribution in [0.5, 0.6) is 5.75 Å². The summed E-state index contributed by atoms with van der Waals surface area (Å²) in [6, 6.07) is 8.12. The van der Waals surface area contributed by atoms with Gasteiger partial charge in [-0.05, 0) is 56.7 Å². The molecule has 1 amide bonds. The van der Waals surface area contributed by atoms with Gasteiger partial charge in [-0.2, -0.15) is 0 Å². The smallest absolute Gasteiger partial charge is 0.261 e. The van der Waals surface area contributed by atoms with Crippen molar-refractivity contribution >= 4 is 5.91 Å². The molecule has 0 unspecified atom stereocenters. The molecule has 6 heteroatoms. The lowest BCUT2D eigenvalue weighted by Crippen LogP contribution is -2.44. The number of ether oxygens (including phenoxy) is 1. The van der Waals surface area contributed by atoms with Crippen LogP contribution < -0.4 is 4.74 Å². The van der Waals surface area contributed by atoms with Gasteiger partial charge in [-0.1, -0.05) is 6.07 Å². The van der Waals surface area contributed by atoms with E-state index in [1.807, 2.05) is 24.3 Å². The quantitative estimate of drug-likeness (QED) is 0.782. The molecule has 4 rings (SSSR count). The zero-order chi connectivity index (χ0) is 16.5. The number of carbonyl (C=O) groups is 1. The van der Waals surface area contributed by atoms with Gasteiger partial charge in [0, 0.05) is 17.6 Å². The van der Waals surface area contributed by atoms with Gasteiger partial charge in [0.1, 0.15) is 5.75 Å². The molecule has 0 aliphatic heterocycles. The second kappa shape index (κ2) is 6.26. The number of aromatic nitrogens is 2. The van der Waals surface area contributed by atoms with Crippen LogP contribution in [0.15, 0.2) is 35.1 Å². The van der Waals surface area contributed by atoms with E-state index >= 15 is 0 Å². The third kappa shape index (κ3) is 3.27. The van der Waals surface area contributed by atoms with Crippen LogP contribution in [0.2, 0.25) is 0 Å². The Morgan fingerprint density at radius 3 is 2.88 bits per heavy atom. The molecular weight excluding hydrogens is 306 g/mol. The van der Waals surface area contributed by atoms with Crippen LogP contribution in [-0.4, -0.2) is 39.7 Å². The summed E-state index contributed by atoms with van der Waals surface area (Å²) >= 11 is 0. The highest BCUT2D eigenvalue weighted by Crippen LogP contribution is 2.39. The summed E-state index contributed by atoms with van der Waals surface area (Å²) in [6.45, 7) is 2.24. The summed E-state index contributed by atoms with van der Waals surface area (Å²) in [7, 11) is 0. The van der Waals surface area contributed by atoms with Crippen molar-refractivity contribution < 1.29 is 13.9 Å². The maximum absolute atomic E-state index is 12.6. The van der Waals surface area contributed by atoms with Gasteiger partial charge in [0.05, 0.1) is 0 Å². The highest BCUT2D eigenvalue weighted by Gasteiger charge is 2.41. The van der Waals surface area contributed by atoms with Crippen LogP contribution in [0.4, 0.5) is 0 Å². The van der Waals surface area contributed by atoms with Gasteiger partial charge in [-0.25, -0.2) is 0 Å². The molecule has 0 saturated heterocycles. The molecule has 2 aliphatic rings. The molecule has 126 valence electrons. The fraction of sp³-hybridized carbons (Fsp3) is 0.500. The van der Waals surface area contributed by atoms with E-state index in [9.17, 15) is 4.79 Å². The maximum Gasteiger partial charge on any atom is 0.261 e. The first-order chi connectivity index (χ1) is 11.7. The Kier molecular flexibility index (Phi) is 3.96. The SMILES string of the molecule is C[C@H](C1CC1)N(C(=O)COc1cccc(-c2nnco2)c1)C1CC1. The molecule has 1 heterocycles. The van der Waals surface area contributed by atoms with Crippen molar-refractivity contribution in [1.29, 1.82) is 0 Å². The van der Waals surface area contributed by atoms with E-state index < -0.39 is 0 Å². The summed E-state index contributed by atoms with van der Waals surface area (Å²) in [6.07, 6.45) is 6.01. The van der Waals surface area contributed by atoms with Crippen LogP contribution in [0.25, 0.3) is 11.5 Å². The monoisotopic (exact) mass is 327 g/mol. The zero-order valence-corrected chi connectivity index (χ0v) is 13.7. The summed E-state index contributed by atoms with van der Waals surface area (Å²) in [5.74, 6) is 1.83. The minimum atomic E-state index is 0.0703. The summed E-state index contributed by atoms with van der Waals surface area (Å²) in [4.78, 5) is 14.7. The van der Waals surface area contributed by atoms with Gasteiger partial charge < -0.3 is 14.1 Å². The Balaban J connectivity index is 1.40. The molecular formula is C18H21N3O3. The minimum Gasteiger partial charge on any atom is -0.484 e. The zero-order valence-electron chi connectivity index (χ0n) is 13.7. The Hall–Kier alpha value is -2.37. The fourth-order valence-electron chi connectivity index (χ4n) is 3.16. The van der Waals surface area contributed by atoms with Crippen molar-refractivity contribution in [1.82, 2.24) is 15.1 Å². The van der Waals surface area contributed by atoms with E-state index in [-0.39, 0.29) is 12.5 Å². The van der Waals surface area contributed by atoms with Crippen LogP contribution in [0, 0.1) is 5.92 Å². The third-order valence-electron chi connectivity index (χ3n) is 4.77. The lowest BCUT2D eigenvalue weighted by atomic mass is 10.1. The average molecular weight is 327 g/mol. The van der Waals surface area contributed by atoms with E-state index in [4.69, 9.17) is 9.15 Å². The van der Waals surface area contributed by atoms with Gasteiger partial charge in [0.15, 0.2) is 6.61 Å². The van der Waals surface area contributed by atoms with Crippen LogP contribution in [0.1, 0.15) is 32.6 Å². The summed E-state index contributed by atoms with van der Waals surface area (Å²) < 4.78 is 10.9. The predicted octanol–water partition coefficient (Wildman–Crippen LogP) is 2.90. The van der Waals surface area contributed by atoms with Crippen LogP contribution in [0.3, 0.4) is 0 Å². The molecule has 1 aromatic carbocycles. The molecule has 0 radical (unpaired) electrons. The second-order valence-corrected chi connectivity index (χ2v) is 6.67. The Bertz CT molecular complexity index is 708. The van der Waals surface area contributed by atoms with E-state index in [2.05, 4.69) is 22.0 Å². The van der Waals surface area contributed by atoms with Gasteiger partial charge in [0.2, 0.25) is 12.3 Å². The largest absolute Gasteiger partial charge is 0.484 e. The van der Waals surface area contributed by atoms with E-state index in [0.29, 0.717) is 29.6 Å². The van der Waals surface area contributed by atoms with Crippen molar-refractivity contribution in [3.05, 3.63) is 30.7 Å². The highest BCUT2D eigenvalue weighted by atomic mass is 16.5. The minimum absolute atomic E-state index is 0.0703. The normalized spacial score (nSPS) is 18.2. The van der Waals surface area contributed by atoms with Crippen molar-refractivity contribution in [2.45, 2.75) is 44.7 Å². The van der Waals surface area contributed by atoms with Crippen molar-refractivity contribution in [3.63, 3.8) is 0 Å². The molecule has 0 spiro atoms. The van der Waals surface area contributed by atoms with Gasteiger partial charge in [-0.15, -0.1) is 10.2 Å². The topological polar surface area (TPSA) is 68.5 Å². The van der Waals surface area contributed by atoms with Gasteiger partial charge in [0.25, 0.3) is 5.91 Å². The number of carbonyl (C=O) groups excluding carboxylic acids is 1. The molecule has 2 aliphatic carbocycles. The average Bonchev–Trinajstić information content (AvgIpc) is 3.53. The maximum atomic E-state index is 12.6. The van der Waals surface area contributed by atoms with Gasteiger partial charge >= 0.3 is 0 Å².